The van der Waals surface area contributed by atoms with Gasteiger partial charge in [-0.25, -0.2) is 0 Å². The molecule has 1 heterocycles. The Hall–Kier alpha value is -1.62. The van der Waals surface area contributed by atoms with Crippen molar-refractivity contribution < 1.29 is 0 Å². The van der Waals surface area contributed by atoms with E-state index in [2.05, 4.69) is 45.8 Å². The minimum atomic E-state index is -1.38. The predicted octanol–water partition coefficient (Wildman–Crippen LogP) is 2.90. The van der Waals surface area contributed by atoms with Crippen LogP contribution in [0.3, 0.4) is 0 Å². The molecule has 2 nitrogen and oxygen atoms in total. The summed E-state index contributed by atoms with van der Waals surface area (Å²) in [5.41, 5.74) is 6.66. The molecule has 0 aliphatic rings. The lowest BCUT2D eigenvalue weighted by Gasteiger charge is -2.03. The van der Waals surface area contributed by atoms with Crippen molar-refractivity contribution >= 4 is 30.8 Å². The Bertz CT molecular complexity index is 663. The maximum absolute atomic E-state index is 5.43. The molecule has 0 fully saturated rings. The van der Waals surface area contributed by atoms with E-state index in [0.717, 1.165) is 22.2 Å². The van der Waals surface area contributed by atoms with Gasteiger partial charge in [-0.3, -0.25) is 0 Å². The highest BCUT2D eigenvalue weighted by atomic mass is 32.1. The van der Waals surface area contributed by atoms with Crippen LogP contribution in [0.1, 0.15) is 11.1 Å². The molecule has 0 aliphatic carbocycles. The Morgan fingerprint density at radius 3 is 2.29 bits per heavy atom. The molecule has 0 spiro atoms. The number of nitrogens with zero attached hydrogens (tertiary/aromatic N) is 2. The Kier molecular flexibility index (Phi) is 3.02. The molecule has 4 heteroatoms. The van der Waals surface area contributed by atoms with Gasteiger partial charge in [0.05, 0.1) is 22.9 Å². The standard InChI is InChI=1S/C13H12N2SSi/c1-5-10-6-7-11(8-9-17(2,3)4)13-12(10)14-16-15-13/h1,6-7H,2-4H3. The third-order valence-corrected chi connectivity index (χ3v) is 3.55. The highest BCUT2D eigenvalue weighted by Gasteiger charge is 2.10. The summed E-state index contributed by atoms with van der Waals surface area (Å²) < 4.78 is 8.50. The first-order valence-corrected chi connectivity index (χ1v) is 9.49. The van der Waals surface area contributed by atoms with Crippen molar-refractivity contribution in [1.82, 2.24) is 8.75 Å². The normalized spacial score (nSPS) is 10.7. The van der Waals surface area contributed by atoms with E-state index in [1.165, 1.54) is 11.7 Å². The average Bonchev–Trinajstić information content (AvgIpc) is 2.73. The van der Waals surface area contributed by atoms with Crippen LogP contribution >= 0.6 is 11.7 Å². The molecular formula is C13H12N2SSi. The molecule has 0 saturated carbocycles. The fraction of sp³-hybridized carbons (Fsp3) is 0.231. The average molecular weight is 256 g/mol. The first kappa shape index (κ1) is 11.9. The molecule has 2 aromatic rings. The van der Waals surface area contributed by atoms with E-state index in [-0.39, 0.29) is 0 Å². The molecular weight excluding hydrogens is 244 g/mol. The van der Waals surface area contributed by atoms with Crippen LogP contribution < -0.4 is 0 Å². The van der Waals surface area contributed by atoms with Crippen molar-refractivity contribution in [1.29, 1.82) is 0 Å². The maximum Gasteiger partial charge on any atom is 0.129 e. The summed E-state index contributed by atoms with van der Waals surface area (Å²) in [7, 11) is -1.38. The van der Waals surface area contributed by atoms with Crippen LogP contribution in [-0.2, 0) is 0 Å². The van der Waals surface area contributed by atoms with Crippen molar-refractivity contribution in [2.45, 2.75) is 19.6 Å². The van der Waals surface area contributed by atoms with E-state index >= 15 is 0 Å². The predicted molar refractivity (Wildman–Crippen MR) is 75.6 cm³/mol. The monoisotopic (exact) mass is 256 g/mol. The molecule has 0 N–H and O–H groups in total. The van der Waals surface area contributed by atoms with Crippen molar-refractivity contribution in [3.05, 3.63) is 23.3 Å². The number of hydrogen-bond acceptors (Lipinski definition) is 3. The van der Waals surface area contributed by atoms with Gasteiger partial charge in [0, 0.05) is 0 Å². The zero-order valence-electron chi connectivity index (χ0n) is 10.0. The molecule has 2 rings (SSSR count). The summed E-state index contributed by atoms with van der Waals surface area (Å²) in [6.07, 6.45) is 5.43. The second-order valence-corrected chi connectivity index (χ2v) is 10.0. The maximum atomic E-state index is 5.43. The third-order valence-electron chi connectivity index (χ3n) is 2.14. The summed E-state index contributed by atoms with van der Waals surface area (Å²) in [6.45, 7) is 6.64. The van der Waals surface area contributed by atoms with Gasteiger partial charge < -0.3 is 0 Å². The zero-order valence-corrected chi connectivity index (χ0v) is 11.9. The van der Waals surface area contributed by atoms with Gasteiger partial charge in [0.1, 0.15) is 19.1 Å². The smallest absolute Gasteiger partial charge is 0.129 e. The molecule has 0 radical (unpaired) electrons. The van der Waals surface area contributed by atoms with Crippen LogP contribution in [0.2, 0.25) is 19.6 Å². The van der Waals surface area contributed by atoms with Crippen LogP contribution in [0, 0.1) is 23.8 Å². The molecule has 1 aromatic carbocycles. The van der Waals surface area contributed by atoms with E-state index in [4.69, 9.17) is 6.42 Å². The molecule has 0 unspecified atom stereocenters. The second kappa shape index (κ2) is 4.33. The van der Waals surface area contributed by atoms with Crippen LogP contribution in [0.15, 0.2) is 12.1 Å². The van der Waals surface area contributed by atoms with Gasteiger partial charge in [0.15, 0.2) is 0 Å². The van der Waals surface area contributed by atoms with Gasteiger partial charge in [0.2, 0.25) is 0 Å². The van der Waals surface area contributed by atoms with Crippen molar-refractivity contribution in [2.75, 3.05) is 0 Å². The van der Waals surface area contributed by atoms with Gasteiger partial charge in [-0.05, 0) is 12.1 Å². The molecule has 0 bridgehead atoms. The van der Waals surface area contributed by atoms with Gasteiger partial charge >= 0.3 is 0 Å². The van der Waals surface area contributed by atoms with Crippen molar-refractivity contribution in [3.8, 4) is 23.8 Å². The van der Waals surface area contributed by atoms with Crippen molar-refractivity contribution in [2.24, 2.45) is 0 Å². The van der Waals surface area contributed by atoms with Crippen molar-refractivity contribution in [3.63, 3.8) is 0 Å². The SMILES string of the molecule is C#Cc1ccc(C#C[Si](C)(C)C)c2nsnc12. The molecule has 0 amide bonds. The fourth-order valence-electron chi connectivity index (χ4n) is 1.34. The highest BCUT2D eigenvalue weighted by Crippen LogP contribution is 2.19. The first-order chi connectivity index (χ1) is 8.01. The van der Waals surface area contributed by atoms with Crippen LogP contribution in [-0.4, -0.2) is 16.8 Å². The lowest BCUT2D eigenvalue weighted by molar-refractivity contribution is 1.58. The topological polar surface area (TPSA) is 25.8 Å². The minimum Gasteiger partial charge on any atom is -0.172 e. The van der Waals surface area contributed by atoms with Crippen LogP contribution in [0.5, 0.6) is 0 Å². The van der Waals surface area contributed by atoms with Gasteiger partial charge in [-0.1, -0.05) is 31.5 Å². The fourth-order valence-corrected chi connectivity index (χ4v) is 2.42. The Balaban J connectivity index is 2.61. The van der Waals surface area contributed by atoms with Gasteiger partial charge in [0.25, 0.3) is 0 Å². The molecule has 0 saturated heterocycles. The Morgan fingerprint density at radius 1 is 1.12 bits per heavy atom. The summed E-state index contributed by atoms with van der Waals surface area (Å²) in [5, 5.41) is 0. The molecule has 0 aliphatic heterocycles. The van der Waals surface area contributed by atoms with Gasteiger partial charge in [-0.15, -0.1) is 12.0 Å². The van der Waals surface area contributed by atoms with E-state index in [9.17, 15) is 0 Å². The summed E-state index contributed by atoms with van der Waals surface area (Å²) in [5.74, 6) is 5.83. The Morgan fingerprint density at radius 2 is 1.71 bits per heavy atom. The number of hydrogen-bond donors (Lipinski definition) is 0. The number of aromatic nitrogens is 2. The third kappa shape index (κ3) is 2.55. The van der Waals surface area contributed by atoms with Crippen LogP contribution in [0.25, 0.3) is 11.0 Å². The Labute approximate surface area is 106 Å². The van der Waals surface area contributed by atoms with E-state index in [1.54, 1.807) is 0 Å². The highest BCUT2D eigenvalue weighted by molar-refractivity contribution is 7.00. The largest absolute Gasteiger partial charge is 0.172 e. The first-order valence-electron chi connectivity index (χ1n) is 5.26. The van der Waals surface area contributed by atoms with E-state index in [1.807, 2.05) is 12.1 Å². The van der Waals surface area contributed by atoms with Gasteiger partial charge in [-0.2, -0.15) is 8.75 Å². The van der Waals surface area contributed by atoms with E-state index in [0.29, 0.717) is 0 Å². The van der Waals surface area contributed by atoms with E-state index < -0.39 is 8.07 Å². The summed E-state index contributed by atoms with van der Waals surface area (Å²) >= 11 is 1.18. The molecule has 1 aromatic heterocycles. The lowest BCUT2D eigenvalue weighted by atomic mass is 10.1. The number of fused-ring (bicyclic) bond motifs is 1. The molecule has 84 valence electrons. The summed E-state index contributed by atoms with van der Waals surface area (Å²) in [4.78, 5) is 0. The number of benzene rings is 1. The molecule has 17 heavy (non-hydrogen) atoms. The zero-order chi connectivity index (χ0) is 12.5. The summed E-state index contributed by atoms with van der Waals surface area (Å²) in [6, 6.07) is 3.82. The lowest BCUT2D eigenvalue weighted by Crippen LogP contribution is -2.16. The van der Waals surface area contributed by atoms with Crippen LogP contribution in [0.4, 0.5) is 0 Å². The minimum absolute atomic E-state index is 0.785. The molecule has 0 atom stereocenters. The number of terminal acetylenes is 1. The quantitative estimate of drug-likeness (QED) is 0.535. The second-order valence-electron chi connectivity index (χ2n) is 4.77. The number of rotatable bonds is 0.